The number of thiazole rings is 1. The van der Waals surface area contributed by atoms with Crippen molar-refractivity contribution in [3.8, 4) is 16.9 Å². The molecule has 1 fully saturated rings. The fraction of sp³-hybridized carbons (Fsp3) is 0.280. The summed E-state index contributed by atoms with van der Waals surface area (Å²) in [5.41, 5.74) is 6.21. The Bertz CT molecular complexity index is 1520. The van der Waals surface area contributed by atoms with Crippen LogP contribution in [-0.2, 0) is 7.05 Å². The van der Waals surface area contributed by atoms with Gasteiger partial charge in [-0.2, -0.15) is 5.10 Å². The molecule has 0 saturated carbocycles. The Balaban J connectivity index is 1.45. The fourth-order valence-electron chi connectivity index (χ4n) is 4.48. The van der Waals surface area contributed by atoms with Crippen molar-refractivity contribution in [3.05, 3.63) is 54.6 Å². The van der Waals surface area contributed by atoms with Gasteiger partial charge in [0.1, 0.15) is 30.2 Å². The number of hydrogen-bond donors (Lipinski definition) is 1. The number of rotatable bonds is 5. The van der Waals surface area contributed by atoms with E-state index in [4.69, 9.17) is 4.74 Å². The largest absolute Gasteiger partial charge is 0.486 e. The van der Waals surface area contributed by atoms with Crippen LogP contribution in [0.5, 0.6) is 5.75 Å². The molecule has 1 N–H and O–H groups in total. The predicted octanol–water partition coefficient (Wildman–Crippen LogP) is 4.80. The van der Waals surface area contributed by atoms with Gasteiger partial charge in [0.25, 0.3) is 0 Å². The Hall–Kier alpha value is -3.63. The quantitative estimate of drug-likeness (QED) is 0.380. The van der Waals surface area contributed by atoms with E-state index in [2.05, 4.69) is 25.4 Å². The molecule has 2 atom stereocenters. The first-order valence-electron chi connectivity index (χ1n) is 11.4. The first-order valence-corrected chi connectivity index (χ1v) is 12.3. The molecule has 4 heterocycles. The van der Waals surface area contributed by atoms with Crippen LogP contribution in [0.15, 0.2) is 54.6 Å². The number of aromatic nitrogens is 5. The minimum Gasteiger partial charge on any atom is -0.486 e. The molecule has 0 unspecified atom stereocenters. The minimum absolute atomic E-state index is 0.349. The summed E-state index contributed by atoms with van der Waals surface area (Å²) in [6, 6.07) is 9.90. The molecule has 5 aromatic rings. The number of likely N-dealkylation sites (tertiary alicyclic amines) is 1. The van der Waals surface area contributed by atoms with Gasteiger partial charge in [0, 0.05) is 37.6 Å². The van der Waals surface area contributed by atoms with Crippen molar-refractivity contribution < 1.29 is 9.13 Å². The van der Waals surface area contributed by atoms with Crippen molar-refractivity contribution in [1.29, 1.82) is 0 Å². The number of nitrogens with zero attached hydrogens (tertiary/aromatic N) is 6. The summed E-state index contributed by atoms with van der Waals surface area (Å²) in [5.74, 6) is 1.16. The fourth-order valence-corrected chi connectivity index (χ4v) is 5.20. The average Bonchev–Trinajstić information content (AvgIpc) is 3.49. The summed E-state index contributed by atoms with van der Waals surface area (Å²) in [5, 5.41) is 8.43. The normalized spacial score (nSPS) is 18.8. The van der Waals surface area contributed by atoms with Crippen molar-refractivity contribution in [2.45, 2.75) is 18.7 Å². The van der Waals surface area contributed by atoms with E-state index in [-0.39, 0.29) is 0 Å². The summed E-state index contributed by atoms with van der Waals surface area (Å²) < 4.78 is 24.1. The number of piperidine rings is 1. The van der Waals surface area contributed by atoms with Crippen molar-refractivity contribution in [2.75, 3.05) is 25.5 Å². The number of ether oxygens (including phenoxy) is 1. The van der Waals surface area contributed by atoms with Crippen LogP contribution in [0.4, 0.5) is 15.9 Å². The number of benzene rings is 2. The Morgan fingerprint density at radius 1 is 1.09 bits per heavy atom. The zero-order valence-electron chi connectivity index (χ0n) is 19.3. The van der Waals surface area contributed by atoms with Gasteiger partial charge in [-0.05, 0) is 49.4 Å². The molecule has 1 aliphatic rings. The summed E-state index contributed by atoms with van der Waals surface area (Å²) in [4.78, 5) is 15.4. The lowest BCUT2D eigenvalue weighted by Gasteiger charge is -2.32. The Morgan fingerprint density at radius 3 is 2.83 bits per heavy atom. The molecule has 8 nitrogen and oxygen atoms in total. The molecular formula is C25H24FN7OS. The SMILES string of the molecule is CN1CC[C@H](Oc2cc(-c3cnn(C)c3)cc3ncnc(Nc4ccc5ncsc5c4)c23)[C@H](F)C1. The lowest BCUT2D eigenvalue weighted by Crippen LogP contribution is -2.45. The molecule has 0 amide bonds. The van der Waals surface area contributed by atoms with Gasteiger partial charge in [0.05, 0.1) is 32.8 Å². The van der Waals surface area contributed by atoms with Gasteiger partial charge in [-0.25, -0.2) is 19.3 Å². The van der Waals surface area contributed by atoms with Gasteiger partial charge in [-0.15, -0.1) is 11.3 Å². The zero-order chi connectivity index (χ0) is 23.9. The van der Waals surface area contributed by atoms with E-state index < -0.39 is 12.3 Å². The van der Waals surface area contributed by atoms with Crippen LogP contribution in [0.25, 0.3) is 32.2 Å². The zero-order valence-corrected chi connectivity index (χ0v) is 20.2. The van der Waals surface area contributed by atoms with E-state index in [1.807, 2.05) is 61.0 Å². The lowest BCUT2D eigenvalue weighted by molar-refractivity contribution is 0.0323. The number of nitrogens with one attached hydrogen (secondary N) is 1. The number of aryl methyl sites for hydroxylation is 1. The van der Waals surface area contributed by atoms with E-state index in [9.17, 15) is 4.39 Å². The van der Waals surface area contributed by atoms with Gasteiger partial charge in [0.2, 0.25) is 0 Å². The van der Waals surface area contributed by atoms with E-state index in [1.165, 1.54) is 6.33 Å². The van der Waals surface area contributed by atoms with E-state index in [0.29, 0.717) is 30.0 Å². The van der Waals surface area contributed by atoms with Crippen molar-refractivity contribution in [3.63, 3.8) is 0 Å². The molecule has 1 saturated heterocycles. The molecule has 35 heavy (non-hydrogen) atoms. The second-order valence-corrected chi connectivity index (χ2v) is 9.76. The first kappa shape index (κ1) is 21.9. The van der Waals surface area contributed by atoms with Crippen LogP contribution in [0, 0.1) is 0 Å². The molecule has 10 heteroatoms. The molecule has 178 valence electrons. The highest BCUT2D eigenvalue weighted by molar-refractivity contribution is 7.16. The molecule has 3 aromatic heterocycles. The summed E-state index contributed by atoms with van der Waals surface area (Å²) in [6.45, 7) is 1.13. The molecule has 0 radical (unpaired) electrons. The first-order chi connectivity index (χ1) is 17.0. The van der Waals surface area contributed by atoms with Gasteiger partial charge in [-0.1, -0.05) is 0 Å². The number of fused-ring (bicyclic) bond motifs is 2. The van der Waals surface area contributed by atoms with Crippen LogP contribution in [0.1, 0.15) is 6.42 Å². The molecule has 0 bridgehead atoms. The summed E-state index contributed by atoms with van der Waals surface area (Å²) >= 11 is 1.58. The molecule has 1 aliphatic heterocycles. The monoisotopic (exact) mass is 489 g/mol. The number of alkyl halides is 1. The maximum atomic E-state index is 14.9. The maximum absolute atomic E-state index is 14.9. The van der Waals surface area contributed by atoms with Gasteiger partial charge >= 0.3 is 0 Å². The van der Waals surface area contributed by atoms with Crippen molar-refractivity contribution in [1.82, 2.24) is 29.6 Å². The second kappa shape index (κ2) is 8.86. The lowest BCUT2D eigenvalue weighted by atomic mass is 10.0. The number of hydrogen-bond acceptors (Lipinski definition) is 8. The third-order valence-electron chi connectivity index (χ3n) is 6.30. The van der Waals surface area contributed by atoms with Gasteiger partial charge < -0.3 is 15.0 Å². The third kappa shape index (κ3) is 4.30. The van der Waals surface area contributed by atoms with Gasteiger partial charge in [-0.3, -0.25) is 4.68 Å². The van der Waals surface area contributed by atoms with E-state index in [0.717, 1.165) is 39.0 Å². The minimum atomic E-state index is -1.08. The van der Waals surface area contributed by atoms with Crippen molar-refractivity contribution >= 4 is 44.0 Å². The Kier molecular flexibility index (Phi) is 5.54. The predicted molar refractivity (Wildman–Crippen MR) is 136 cm³/mol. The standard InChI is InChI=1S/C25H24FN7OS/c1-32-6-5-21(18(26)12-32)34-22-8-15(16-10-30-33(2)11-16)7-20-24(22)25(28-13-27-20)31-17-3-4-19-23(9-17)35-14-29-19/h3-4,7-11,13-14,18,21H,5-6,12H2,1-2H3,(H,27,28,31)/t18-,21+/m1/s1. The number of anilines is 2. The highest BCUT2D eigenvalue weighted by Crippen LogP contribution is 2.38. The molecular weight excluding hydrogens is 465 g/mol. The smallest absolute Gasteiger partial charge is 0.149 e. The molecule has 2 aromatic carbocycles. The Labute approximate surface area is 205 Å². The summed E-state index contributed by atoms with van der Waals surface area (Å²) in [6.07, 6.45) is 4.24. The van der Waals surface area contributed by atoms with E-state index in [1.54, 1.807) is 22.2 Å². The van der Waals surface area contributed by atoms with Gasteiger partial charge in [0.15, 0.2) is 0 Å². The Morgan fingerprint density at radius 2 is 2.00 bits per heavy atom. The maximum Gasteiger partial charge on any atom is 0.149 e. The highest BCUT2D eigenvalue weighted by Gasteiger charge is 2.30. The van der Waals surface area contributed by atoms with Crippen molar-refractivity contribution in [2.24, 2.45) is 7.05 Å². The highest BCUT2D eigenvalue weighted by atomic mass is 32.1. The number of halogens is 1. The third-order valence-corrected chi connectivity index (χ3v) is 7.09. The van der Waals surface area contributed by atoms with Crippen LogP contribution in [0.2, 0.25) is 0 Å². The van der Waals surface area contributed by atoms with Crippen LogP contribution >= 0.6 is 11.3 Å². The average molecular weight is 490 g/mol. The molecule has 0 spiro atoms. The van der Waals surface area contributed by atoms with Crippen LogP contribution in [-0.4, -0.2) is 62.0 Å². The van der Waals surface area contributed by atoms with Crippen LogP contribution < -0.4 is 10.1 Å². The summed E-state index contributed by atoms with van der Waals surface area (Å²) in [7, 11) is 3.80. The topological polar surface area (TPSA) is 81.0 Å². The van der Waals surface area contributed by atoms with Crippen LogP contribution in [0.3, 0.4) is 0 Å². The molecule has 0 aliphatic carbocycles. The second-order valence-electron chi connectivity index (χ2n) is 8.88. The van der Waals surface area contributed by atoms with E-state index >= 15 is 0 Å². The molecule has 6 rings (SSSR count).